The van der Waals surface area contributed by atoms with Gasteiger partial charge in [0, 0.05) is 11.4 Å². The first-order chi connectivity index (χ1) is 12.8. The summed E-state index contributed by atoms with van der Waals surface area (Å²) >= 11 is 0. The van der Waals surface area contributed by atoms with Gasteiger partial charge in [0.2, 0.25) is 0 Å². The predicted octanol–water partition coefficient (Wildman–Crippen LogP) is 6.07. The third-order valence-corrected chi connectivity index (χ3v) is 5.12. The molecule has 3 aromatic rings. The first-order valence-electron chi connectivity index (χ1n) is 8.79. The molecule has 0 aliphatic carbocycles. The predicted molar refractivity (Wildman–Crippen MR) is 110 cm³/mol. The zero-order valence-corrected chi connectivity index (χ0v) is 14.7. The molecular formula is C25H21N. The third-order valence-electron chi connectivity index (χ3n) is 5.12. The molecule has 1 nitrogen and oxygen atoms in total. The first-order valence-corrected chi connectivity index (χ1v) is 8.79. The molecule has 0 spiro atoms. The van der Waals surface area contributed by atoms with Gasteiger partial charge in [-0.15, -0.1) is 0 Å². The normalized spacial score (nSPS) is 14.9. The van der Waals surface area contributed by atoms with Crippen molar-refractivity contribution in [1.29, 1.82) is 0 Å². The number of fused-ring (bicyclic) bond motifs is 1. The first kappa shape index (κ1) is 16.2. The van der Waals surface area contributed by atoms with Gasteiger partial charge in [0.25, 0.3) is 0 Å². The highest BCUT2D eigenvalue weighted by atomic mass is 14.9. The summed E-state index contributed by atoms with van der Waals surface area (Å²) < 4.78 is 0. The van der Waals surface area contributed by atoms with Gasteiger partial charge in [0.05, 0.1) is 5.41 Å². The third kappa shape index (κ3) is 2.25. The Kier molecular flexibility index (Phi) is 4.06. The van der Waals surface area contributed by atoms with Crippen molar-refractivity contribution in [3.63, 3.8) is 0 Å². The van der Waals surface area contributed by atoms with Crippen LogP contribution < -0.4 is 5.32 Å². The monoisotopic (exact) mass is 335 g/mol. The summed E-state index contributed by atoms with van der Waals surface area (Å²) in [6.07, 6.45) is 3.84. The summed E-state index contributed by atoms with van der Waals surface area (Å²) in [6, 6.07) is 29.8. The molecule has 1 aliphatic rings. The second kappa shape index (κ2) is 6.53. The fourth-order valence-electron chi connectivity index (χ4n) is 4.07. The van der Waals surface area contributed by atoms with E-state index in [0.29, 0.717) is 0 Å². The minimum atomic E-state index is -0.435. The average molecular weight is 335 g/mol. The van der Waals surface area contributed by atoms with Crippen LogP contribution in [0.1, 0.15) is 16.7 Å². The fourth-order valence-corrected chi connectivity index (χ4v) is 4.07. The van der Waals surface area contributed by atoms with Gasteiger partial charge in [0.15, 0.2) is 0 Å². The Morgan fingerprint density at radius 3 is 1.73 bits per heavy atom. The summed E-state index contributed by atoms with van der Waals surface area (Å²) in [5.41, 5.74) is 6.42. The van der Waals surface area contributed by atoms with Crippen molar-refractivity contribution in [1.82, 2.24) is 0 Å². The standard InChI is InChI=1S/C25H21N/c1-3-21-23(4-2)26-24-18-12-11-17-22(24)25(21,19-13-7-5-8-14-19)20-15-9-6-10-16-20/h3-18,26H,1-2H2. The van der Waals surface area contributed by atoms with Gasteiger partial charge in [-0.3, -0.25) is 0 Å². The van der Waals surface area contributed by atoms with Crippen LogP contribution in [0.15, 0.2) is 122 Å². The van der Waals surface area contributed by atoms with Gasteiger partial charge >= 0.3 is 0 Å². The zero-order chi connectivity index (χ0) is 18.0. The van der Waals surface area contributed by atoms with E-state index in [4.69, 9.17) is 0 Å². The summed E-state index contributed by atoms with van der Waals surface area (Å²) in [7, 11) is 0. The van der Waals surface area contributed by atoms with E-state index in [0.717, 1.165) is 17.0 Å². The molecule has 0 bridgehead atoms. The minimum Gasteiger partial charge on any atom is -0.355 e. The van der Waals surface area contributed by atoms with Crippen LogP contribution in [0.5, 0.6) is 0 Å². The van der Waals surface area contributed by atoms with Crippen LogP contribution in [-0.4, -0.2) is 0 Å². The molecule has 26 heavy (non-hydrogen) atoms. The molecule has 0 unspecified atom stereocenters. The molecule has 4 rings (SSSR count). The number of hydrogen-bond donors (Lipinski definition) is 1. The average Bonchev–Trinajstić information content (AvgIpc) is 2.73. The van der Waals surface area contributed by atoms with Gasteiger partial charge in [-0.05, 0) is 34.4 Å². The molecule has 1 N–H and O–H groups in total. The lowest BCUT2D eigenvalue weighted by Crippen LogP contribution is -2.36. The molecular weight excluding hydrogens is 314 g/mol. The maximum Gasteiger partial charge on any atom is 0.0741 e. The van der Waals surface area contributed by atoms with Gasteiger partial charge in [-0.25, -0.2) is 0 Å². The van der Waals surface area contributed by atoms with Crippen molar-refractivity contribution >= 4 is 5.69 Å². The molecule has 0 radical (unpaired) electrons. The molecule has 0 atom stereocenters. The highest BCUT2D eigenvalue weighted by molar-refractivity contribution is 5.76. The van der Waals surface area contributed by atoms with Crippen LogP contribution >= 0.6 is 0 Å². The summed E-state index contributed by atoms with van der Waals surface area (Å²) in [4.78, 5) is 0. The van der Waals surface area contributed by atoms with Gasteiger partial charge in [-0.2, -0.15) is 0 Å². The van der Waals surface area contributed by atoms with Crippen molar-refractivity contribution < 1.29 is 0 Å². The molecule has 0 aromatic heterocycles. The SMILES string of the molecule is C=CC1=C(C=C)C(c2ccccc2)(c2ccccc2)c2ccccc2N1. The Balaban J connectivity index is 2.20. The molecule has 126 valence electrons. The van der Waals surface area contributed by atoms with Crippen LogP contribution in [0, 0.1) is 0 Å². The van der Waals surface area contributed by atoms with Gasteiger partial charge in [-0.1, -0.05) is 98.1 Å². The van der Waals surface area contributed by atoms with Crippen LogP contribution in [-0.2, 0) is 5.41 Å². The fraction of sp³-hybridized carbons (Fsp3) is 0.0400. The molecule has 1 heterocycles. The molecule has 3 aromatic carbocycles. The molecule has 1 heteroatoms. The number of allylic oxidation sites excluding steroid dienone is 3. The van der Waals surface area contributed by atoms with Crippen molar-refractivity contribution in [3.05, 3.63) is 138 Å². The van der Waals surface area contributed by atoms with E-state index in [1.165, 1.54) is 16.7 Å². The lowest BCUT2D eigenvalue weighted by atomic mass is 9.62. The molecule has 0 saturated heterocycles. The Bertz CT molecular complexity index is 941. The molecule has 0 amide bonds. The quantitative estimate of drug-likeness (QED) is 0.610. The number of para-hydroxylation sites is 1. The Morgan fingerprint density at radius 2 is 1.19 bits per heavy atom. The number of anilines is 1. The van der Waals surface area contributed by atoms with Crippen LogP contribution in [0.25, 0.3) is 0 Å². The second-order valence-corrected chi connectivity index (χ2v) is 6.39. The van der Waals surface area contributed by atoms with Gasteiger partial charge in [0.1, 0.15) is 0 Å². The van der Waals surface area contributed by atoms with E-state index in [1.54, 1.807) is 0 Å². The Morgan fingerprint density at radius 1 is 0.654 bits per heavy atom. The highest BCUT2D eigenvalue weighted by Crippen LogP contribution is 2.51. The summed E-state index contributed by atoms with van der Waals surface area (Å²) in [5, 5.41) is 3.53. The van der Waals surface area contributed by atoms with Crippen molar-refractivity contribution in [2.24, 2.45) is 0 Å². The van der Waals surface area contributed by atoms with Gasteiger partial charge < -0.3 is 5.32 Å². The maximum absolute atomic E-state index is 4.16. The molecule has 0 saturated carbocycles. The number of hydrogen-bond acceptors (Lipinski definition) is 1. The van der Waals surface area contributed by atoms with Crippen molar-refractivity contribution in [2.45, 2.75) is 5.41 Å². The van der Waals surface area contributed by atoms with E-state index < -0.39 is 5.41 Å². The Labute approximate surface area is 155 Å². The number of rotatable bonds is 4. The number of benzene rings is 3. The van der Waals surface area contributed by atoms with E-state index in [2.05, 4.69) is 103 Å². The lowest BCUT2D eigenvalue weighted by Gasteiger charge is -2.42. The minimum absolute atomic E-state index is 0.435. The lowest BCUT2D eigenvalue weighted by molar-refractivity contribution is 0.729. The molecule has 0 fully saturated rings. The van der Waals surface area contributed by atoms with Crippen LogP contribution in [0.2, 0.25) is 0 Å². The van der Waals surface area contributed by atoms with E-state index >= 15 is 0 Å². The van der Waals surface area contributed by atoms with Crippen LogP contribution in [0.4, 0.5) is 5.69 Å². The smallest absolute Gasteiger partial charge is 0.0741 e. The maximum atomic E-state index is 4.16. The summed E-state index contributed by atoms with van der Waals surface area (Å²) in [6.45, 7) is 8.20. The topological polar surface area (TPSA) is 12.0 Å². The van der Waals surface area contributed by atoms with E-state index in [9.17, 15) is 0 Å². The van der Waals surface area contributed by atoms with E-state index in [-0.39, 0.29) is 0 Å². The van der Waals surface area contributed by atoms with Crippen molar-refractivity contribution in [3.8, 4) is 0 Å². The van der Waals surface area contributed by atoms with E-state index in [1.807, 2.05) is 12.2 Å². The Hall–Kier alpha value is -3.32. The zero-order valence-electron chi connectivity index (χ0n) is 14.7. The molecule has 1 aliphatic heterocycles. The number of nitrogens with one attached hydrogen (secondary N) is 1. The highest BCUT2D eigenvalue weighted by Gasteiger charge is 2.43. The largest absolute Gasteiger partial charge is 0.355 e. The second-order valence-electron chi connectivity index (χ2n) is 6.39. The van der Waals surface area contributed by atoms with Crippen LogP contribution in [0.3, 0.4) is 0 Å². The summed E-state index contributed by atoms with van der Waals surface area (Å²) in [5.74, 6) is 0. The van der Waals surface area contributed by atoms with Crippen molar-refractivity contribution in [2.75, 3.05) is 5.32 Å².